The lowest BCUT2D eigenvalue weighted by Crippen LogP contribution is -2.11. The molecule has 0 radical (unpaired) electrons. The molecule has 22 heavy (non-hydrogen) atoms. The molecule has 1 heterocycles. The molecule has 1 N–H and O–H groups in total. The number of hydrogen-bond acceptors (Lipinski definition) is 2. The van der Waals surface area contributed by atoms with Gasteiger partial charge in [-0.3, -0.25) is 0 Å². The predicted molar refractivity (Wildman–Crippen MR) is 93.3 cm³/mol. The zero-order chi connectivity index (χ0) is 15.1. The SMILES string of the molecule is OC1C(c2ccccc2)=COc2ccc3c(P)cccc3c21. The zero-order valence-corrected chi connectivity index (χ0v) is 13.0. The molecule has 0 spiro atoms. The van der Waals surface area contributed by atoms with E-state index in [0.717, 1.165) is 38.5 Å². The van der Waals surface area contributed by atoms with Crippen molar-refractivity contribution in [2.45, 2.75) is 6.10 Å². The van der Waals surface area contributed by atoms with Gasteiger partial charge in [0.1, 0.15) is 11.9 Å². The monoisotopic (exact) mass is 306 g/mol. The van der Waals surface area contributed by atoms with Crippen LogP contribution in [0.3, 0.4) is 0 Å². The van der Waals surface area contributed by atoms with Crippen LogP contribution in [0.15, 0.2) is 66.9 Å². The van der Waals surface area contributed by atoms with Crippen LogP contribution in [0.4, 0.5) is 0 Å². The van der Waals surface area contributed by atoms with Crippen molar-refractivity contribution in [3.63, 3.8) is 0 Å². The van der Waals surface area contributed by atoms with Crippen LogP contribution in [0.25, 0.3) is 16.3 Å². The first-order valence-electron chi connectivity index (χ1n) is 7.17. The Morgan fingerprint density at radius 1 is 0.864 bits per heavy atom. The molecule has 3 aromatic rings. The highest BCUT2D eigenvalue weighted by atomic mass is 31.0. The van der Waals surface area contributed by atoms with E-state index in [2.05, 4.69) is 9.24 Å². The van der Waals surface area contributed by atoms with E-state index in [0.29, 0.717) is 0 Å². The van der Waals surface area contributed by atoms with Crippen LogP contribution in [0.2, 0.25) is 0 Å². The lowest BCUT2D eigenvalue weighted by Gasteiger charge is -2.25. The van der Waals surface area contributed by atoms with Crippen molar-refractivity contribution in [3.8, 4) is 5.75 Å². The number of benzene rings is 3. The van der Waals surface area contributed by atoms with Gasteiger partial charge in [-0.2, -0.15) is 0 Å². The number of fused-ring (bicyclic) bond motifs is 3. The van der Waals surface area contributed by atoms with Gasteiger partial charge in [0, 0.05) is 11.1 Å². The van der Waals surface area contributed by atoms with Crippen LogP contribution in [-0.4, -0.2) is 5.11 Å². The van der Waals surface area contributed by atoms with Crippen molar-refractivity contribution in [1.29, 1.82) is 0 Å². The summed E-state index contributed by atoms with van der Waals surface area (Å²) in [6.07, 6.45) is 0.959. The average molecular weight is 306 g/mol. The Morgan fingerprint density at radius 2 is 1.68 bits per heavy atom. The Kier molecular flexibility index (Phi) is 3.22. The molecule has 2 atom stereocenters. The second kappa shape index (κ2) is 5.24. The number of ether oxygens (including phenoxy) is 1. The summed E-state index contributed by atoms with van der Waals surface area (Å²) in [5, 5.41) is 14.2. The molecule has 0 aliphatic carbocycles. The van der Waals surface area contributed by atoms with Crippen LogP contribution in [-0.2, 0) is 0 Å². The lowest BCUT2D eigenvalue weighted by atomic mass is 9.90. The molecule has 0 amide bonds. The minimum Gasteiger partial charge on any atom is -0.464 e. The fourth-order valence-electron chi connectivity index (χ4n) is 2.97. The largest absolute Gasteiger partial charge is 0.464 e. The van der Waals surface area contributed by atoms with Gasteiger partial charge in [0.15, 0.2) is 0 Å². The van der Waals surface area contributed by atoms with Gasteiger partial charge in [-0.15, -0.1) is 9.24 Å². The maximum atomic E-state index is 10.9. The first-order valence-corrected chi connectivity index (χ1v) is 7.75. The average Bonchev–Trinajstić information content (AvgIpc) is 2.56. The smallest absolute Gasteiger partial charge is 0.133 e. The van der Waals surface area contributed by atoms with Gasteiger partial charge < -0.3 is 9.84 Å². The van der Waals surface area contributed by atoms with E-state index in [-0.39, 0.29) is 0 Å². The summed E-state index contributed by atoms with van der Waals surface area (Å²) < 4.78 is 5.78. The van der Waals surface area contributed by atoms with E-state index in [4.69, 9.17) is 4.74 Å². The Bertz CT molecular complexity index is 885. The first-order chi connectivity index (χ1) is 10.8. The van der Waals surface area contributed by atoms with Gasteiger partial charge in [-0.1, -0.05) is 54.6 Å². The van der Waals surface area contributed by atoms with Gasteiger partial charge in [-0.05, 0) is 27.7 Å². The molecule has 0 saturated carbocycles. The van der Waals surface area contributed by atoms with Crippen LogP contribution < -0.4 is 10.0 Å². The third-order valence-electron chi connectivity index (χ3n) is 4.08. The van der Waals surface area contributed by atoms with Gasteiger partial charge in [0.2, 0.25) is 0 Å². The van der Waals surface area contributed by atoms with Gasteiger partial charge in [-0.25, -0.2) is 0 Å². The molecule has 0 saturated heterocycles. The highest BCUT2D eigenvalue weighted by Gasteiger charge is 2.26. The third kappa shape index (κ3) is 2.04. The molecule has 3 heteroatoms. The molecule has 108 valence electrons. The summed E-state index contributed by atoms with van der Waals surface area (Å²) in [6, 6.07) is 19.9. The van der Waals surface area contributed by atoms with Crippen molar-refractivity contribution in [3.05, 3.63) is 78.1 Å². The molecule has 2 unspecified atom stereocenters. The third-order valence-corrected chi connectivity index (χ3v) is 4.59. The summed E-state index contributed by atoms with van der Waals surface area (Å²) in [5.41, 5.74) is 2.59. The molecule has 1 aliphatic rings. The van der Waals surface area contributed by atoms with Crippen molar-refractivity contribution in [2.75, 3.05) is 0 Å². The van der Waals surface area contributed by atoms with Crippen molar-refractivity contribution in [1.82, 2.24) is 0 Å². The zero-order valence-electron chi connectivity index (χ0n) is 11.9. The van der Waals surface area contributed by atoms with Gasteiger partial charge in [0.25, 0.3) is 0 Å². The molecule has 4 rings (SSSR count). The minimum atomic E-state index is -0.693. The molecule has 0 bridgehead atoms. The number of aliphatic hydroxyl groups is 1. The van der Waals surface area contributed by atoms with Gasteiger partial charge >= 0.3 is 0 Å². The summed E-state index contributed by atoms with van der Waals surface area (Å²) in [5.74, 6) is 0.718. The van der Waals surface area contributed by atoms with Crippen molar-refractivity contribution < 1.29 is 9.84 Å². The second-order valence-corrected chi connectivity index (χ2v) is 6.00. The van der Waals surface area contributed by atoms with Gasteiger partial charge in [0.05, 0.1) is 6.26 Å². The Hall–Kier alpha value is -2.15. The maximum Gasteiger partial charge on any atom is 0.133 e. The fourth-order valence-corrected chi connectivity index (χ4v) is 3.34. The first kappa shape index (κ1) is 13.5. The van der Waals surface area contributed by atoms with E-state index in [9.17, 15) is 5.11 Å². The van der Waals surface area contributed by atoms with E-state index >= 15 is 0 Å². The second-order valence-electron chi connectivity index (χ2n) is 5.38. The molecule has 0 fully saturated rings. The van der Waals surface area contributed by atoms with Crippen LogP contribution in [0, 0.1) is 0 Å². The summed E-state index contributed by atoms with van der Waals surface area (Å²) in [7, 11) is 2.74. The normalized spacial score (nSPS) is 16.8. The molecular weight excluding hydrogens is 291 g/mol. The maximum absolute atomic E-state index is 10.9. The molecule has 2 nitrogen and oxygen atoms in total. The quantitative estimate of drug-likeness (QED) is 0.693. The Balaban J connectivity index is 1.92. The van der Waals surface area contributed by atoms with E-state index in [1.165, 1.54) is 0 Å². The highest BCUT2D eigenvalue weighted by molar-refractivity contribution is 7.28. The van der Waals surface area contributed by atoms with Crippen LogP contribution >= 0.6 is 9.24 Å². The standard InChI is InChI=1S/C19H15O2P/c20-19-15(12-5-2-1-3-6-12)11-21-16-10-9-13-14(18(16)19)7-4-8-17(13)22/h1-11,19-20H,22H2. The fraction of sp³-hybridized carbons (Fsp3) is 0.0526. The summed E-state index contributed by atoms with van der Waals surface area (Å²) in [6.45, 7) is 0. The van der Waals surface area contributed by atoms with Crippen LogP contribution in [0.5, 0.6) is 5.75 Å². The van der Waals surface area contributed by atoms with E-state index in [1.54, 1.807) is 6.26 Å². The summed E-state index contributed by atoms with van der Waals surface area (Å²) in [4.78, 5) is 0. The van der Waals surface area contributed by atoms with E-state index in [1.807, 2.05) is 60.7 Å². The number of hydrogen-bond donors (Lipinski definition) is 1. The molecular formula is C19H15O2P. The Morgan fingerprint density at radius 3 is 2.50 bits per heavy atom. The highest BCUT2D eigenvalue weighted by Crippen LogP contribution is 2.42. The molecule has 1 aliphatic heterocycles. The summed E-state index contributed by atoms with van der Waals surface area (Å²) >= 11 is 0. The molecule has 3 aromatic carbocycles. The van der Waals surface area contributed by atoms with E-state index < -0.39 is 6.10 Å². The Labute approximate surface area is 131 Å². The predicted octanol–water partition coefficient (Wildman–Crippen LogP) is 3.81. The number of aliphatic hydroxyl groups excluding tert-OH is 1. The number of rotatable bonds is 1. The van der Waals surface area contributed by atoms with Crippen molar-refractivity contribution in [2.24, 2.45) is 0 Å². The van der Waals surface area contributed by atoms with Crippen LogP contribution in [0.1, 0.15) is 17.2 Å². The minimum absolute atomic E-state index is 0.693. The topological polar surface area (TPSA) is 29.5 Å². The molecule has 0 aromatic heterocycles. The van der Waals surface area contributed by atoms with Crippen molar-refractivity contribution >= 4 is 30.9 Å². The lowest BCUT2D eigenvalue weighted by molar-refractivity contribution is 0.226.